The zero-order valence-corrected chi connectivity index (χ0v) is 43.1. The fourth-order valence-corrected chi connectivity index (χ4v) is 8.44. The zero-order valence-electron chi connectivity index (χ0n) is 43.1. The molecule has 0 aromatic heterocycles. The van der Waals surface area contributed by atoms with Crippen molar-refractivity contribution in [2.24, 2.45) is 0 Å². The van der Waals surface area contributed by atoms with Crippen LogP contribution in [0.2, 0.25) is 0 Å². The highest BCUT2D eigenvalue weighted by atomic mass is 16.6. The third kappa shape index (κ3) is 50.9. The first kappa shape index (κ1) is 61.9. The van der Waals surface area contributed by atoms with E-state index in [9.17, 15) is 14.4 Å². The van der Waals surface area contributed by atoms with Gasteiger partial charge in [0, 0.05) is 19.3 Å². The van der Waals surface area contributed by atoms with Crippen LogP contribution in [0.25, 0.3) is 0 Å². The summed E-state index contributed by atoms with van der Waals surface area (Å²) in [7, 11) is 0. The molecular formula is C58H108O6. The van der Waals surface area contributed by atoms with Crippen LogP contribution in [0.15, 0.2) is 24.3 Å². The average Bonchev–Trinajstić information content (AvgIpc) is 3.29. The van der Waals surface area contributed by atoms with E-state index in [0.29, 0.717) is 19.3 Å². The lowest BCUT2D eigenvalue weighted by molar-refractivity contribution is -0.166. The summed E-state index contributed by atoms with van der Waals surface area (Å²) in [4.78, 5) is 38.0. The molecule has 6 nitrogen and oxygen atoms in total. The van der Waals surface area contributed by atoms with Gasteiger partial charge < -0.3 is 14.2 Å². The maximum absolute atomic E-state index is 12.8. The number of carbonyl (C=O) groups is 3. The molecule has 0 aromatic rings. The van der Waals surface area contributed by atoms with Crippen LogP contribution in [0.5, 0.6) is 0 Å². The van der Waals surface area contributed by atoms with Crippen LogP contribution < -0.4 is 0 Å². The highest BCUT2D eigenvalue weighted by Crippen LogP contribution is 2.17. The Labute approximate surface area is 398 Å². The molecule has 0 aliphatic heterocycles. The first-order valence-electron chi connectivity index (χ1n) is 28.3. The highest BCUT2D eigenvalue weighted by molar-refractivity contribution is 5.71. The summed E-state index contributed by atoms with van der Waals surface area (Å²) in [5.74, 6) is -0.934. The van der Waals surface area contributed by atoms with E-state index in [1.54, 1.807) is 0 Å². The normalized spacial score (nSPS) is 12.1. The van der Waals surface area contributed by atoms with E-state index < -0.39 is 6.10 Å². The Balaban J connectivity index is 4.33. The summed E-state index contributed by atoms with van der Waals surface area (Å²) in [6.45, 7) is 6.63. The fraction of sp³-hybridized carbons (Fsp3) is 0.879. The van der Waals surface area contributed by atoms with Crippen LogP contribution in [0.4, 0.5) is 0 Å². The highest BCUT2D eigenvalue weighted by Gasteiger charge is 2.19. The van der Waals surface area contributed by atoms with E-state index >= 15 is 0 Å². The summed E-state index contributed by atoms with van der Waals surface area (Å²) >= 11 is 0. The van der Waals surface area contributed by atoms with Crippen LogP contribution in [-0.2, 0) is 28.6 Å². The molecule has 0 radical (unpaired) electrons. The summed E-state index contributed by atoms with van der Waals surface area (Å²) < 4.78 is 16.8. The molecule has 1 unspecified atom stereocenters. The van der Waals surface area contributed by atoms with Crippen LogP contribution in [0.3, 0.4) is 0 Å². The Hall–Kier alpha value is -2.11. The topological polar surface area (TPSA) is 78.9 Å². The molecule has 0 saturated carbocycles. The van der Waals surface area contributed by atoms with Crippen molar-refractivity contribution in [3.05, 3.63) is 24.3 Å². The third-order valence-corrected chi connectivity index (χ3v) is 12.7. The van der Waals surface area contributed by atoms with Crippen LogP contribution >= 0.6 is 0 Å². The number of rotatable bonds is 52. The van der Waals surface area contributed by atoms with E-state index in [0.717, 1.165) is 51.4 Å². The molecule has 0 aromatic carbocycles. The molecule has 0 aliphatic rings. The second-order valence-electron chi connectivity index (χ2n) is 19.2. The molecule has 0 rings (SSSR count). The molecule has 0 fully saturated rings. The van der Waals surface area contributed by atoms with Crippen molar-refractivity contribution in [1.29, 1.82) is 0 Å². The summed E-state index contributed by atoms with van der Waals surface area (Å²) in [5.41, 5.74) is 0. The van der Waals surface area contributed by atoms with Crippen molar-refractivity contribution in [2.45, 2.75) is 316 Å². The van der Waals surface area contributed by atoms with E-state index in [2.05, 4.69) is 39.0 Å². The monoisotopic (exact) mass is 901 g/mol. The average molecular weight is 901 g/mol. The lowest BCUT2D eigenvalue weighted by Gasteiger charge is -2.18. The SMILES string of the molecule is CCCCCCCC/C=C/C/C=C/CCC(=O)OCC(COC(=O)CCCCCCCCCCCCCCCCCCCCC)OC(=O)CCCCCCCCCCCCCCCC. The van der Waals surface area contributed by atoms with Gasteiger partial charge in [0.25, 0.3) is 0 Å². The predicted molar refractivity (Wildman–Crippen MR) is 275 cm³/mol. The van der Waals surface area contributed by atoms with Gasteiger partial charge in [-0.15, -0.1) is 0 Å². The molecule has 0 heterocycles. The van der Waals surface area contributed by atoms with Gasteiger partial charge in [0.05, 0.1) is 0 Å². The molecule has 0 bridgehead atoms. The van der Waals surface area contributed by atoms with Crippen molar-refractivity contribution in [3.63, 3.8) is 0 Å². The lowest BCUT2D eigenvalue weighted by atomic mass is 10.0. The first-order chi connectivity index (χ1) is 31.5. The van der Waals surface area contributed by atoms with E-state index in [4.69, 9.17) is 14.2 Å². The minimum atomic E-state index is -0.788. The first-order valence-corrected chi connectivity index (χ1v) is 28.3. The summed E-state index contributed by atoms with van der Waals surface area (Å²) in [6.07, 6.45) is 61.8. The molecule has 0 aliphatic carbocycles. The molecule has 0 N–H and O–H groups in total. The van der Waals surface area contributed by atoms with Gasteiger partial charge in [-0.1, -0.05) is 276 Å². The second kappa shape index (κ2) is 53.5. The Bertz CT molecular complexity index is 1040. The number of unbranched alkanes of at least 4 members (excludes halogenated alkanes) is 37. The van der Waals surface area contributed by atoms with Gasteiger partial charge in [-0.05, 0) is 38.5 Å². The second-order valence-corrected chi connectivity index (χ2v) is 19.2. The van der Waals surface area contributed by atoms with E-state index in [1.165, 1.54) is 212 Å². The molecule has 1 atom stereocenters. The smallest absolute Gasteiger partial charge is 0.306 e. The molecule has 0 saturated heterocycles. The Morgan fingerprint density at radius 2 is 0.594 bits per heavy atom. The minimum Gasteiger partial charge on any atom is -0.462 e. The molecule has 64 heavy (non-hydrogen) atoms. The van der Waals surface area contributed by atoms with Crippen molar-refractivity contribution in [1.82, 2.24) is 0 Å². The fourth-order valence-electron chi connectivity index (χ4n) is 8.44. The van der Waals surface area contributed by atoms with Gasteiger partial charge in [0.1, 0.15) is 13.2 Å². The van der Waals surface area contributed by atoms with Crippen molar-refractivity contribution < 1.29 is 28.6 Å². The molecular weight excluding hydrogens is 793 g/mol. The van der Waals surface area contributed by atoms with Gasteiger partial charge in [-0.3, -0.25) is 14.4 Å². The maximum Gasteiger partial charge on any atom is 0.306 e. The number of allylic oxidation sites excluding steroid dienone is 4. The maximum atomic E-state index is 12.8. The Morgan fingerprint density at radius 1 is 0.312 bits per heavy atom. The lowest BCUT2D eigenvalue weighted by Crippen LogP contribution is -2.30. The van der Waals surface area contributed by atoms with Gasteiger partial charge in [-0.25, -0.2) is 0 Å². The van der Waals surface area contributed by atoms with E-state index in [1.807, 2.05) is 6.08 Å². The van der Waals surface area contributed by atoms with Crippen LogP contribution in [0, 0.1) is 0 Å². The molecule has 376 valence electrons. The molecule has 6 heteroatoms. The largest absolute Gasteiger partial charge is 0.462 e. The van der Waals surface area contributed by atoms with Gasteiger partial charge in [0.2, 0.25) is 0 Å². The number of ether oxygens (including phenoxy) is 3. The van der Waals surface area contributed by atoms with Gasteiger partial charge in [-0.2, -0.15) is 0 Å². The van der Waals surface area contributed by atoms with Crippen molar-refractivity contribution in [2.75, 3.05) is 13.2 Å². The number of esters is 3. The zero-order chi connectivity index (χ0) is 46.5. The number of hydrogen-bond donors (Lipinski definition) is 0. The molecule has 0 amide bonds. The van der Waals surface area contributed by atoms with Gasteiger partial charge >= 0.3 is 17.9 Å². The van der Waals surface area contributed by atoms with Gasteiger partial charge in [0.15, 0.2) is 6.10 Å². The standard InChI is InChI=1S/C58H108O6/c1-4-7-10-13-16-19-22-25-27-28-29-30-31-34-36-39-42-45-48-51-57(60)63-54-55(53-62-56(59)50-47-44-41-38-35-32-24-21-18-15-12-9-6-3)64-58(61)52-49-46-43-40-37-33-26-23-20-17-14-11-8-5-2/h32,35,41,44,55H,4-31,33-34,36-40,42-43,45-54H2,1-3H3/b35-32+,44-41+. The Kier molecular flexibility index (Phi) is 51.7. The Morgan fingerprint density at radius 3 is 0.953 bits per heavy atom. The number of carbonyl (C=O) groups excluding carboxylic acids is 3. The van der Waals surface area contributed by atoms with Crippen molar-refractivity contribution >= 4 is 17.9 Å². The van der Waals surface area contributed by atoms with Crippen LogP contribution in [-0.4, -0.2) is 37.2 Å². The number of hydrogen-bond acceptors (Lipinski definition) is 6. The minimum absolute atomic E-state index is 0.0826. The van der Waals surface area contributed by atoms with Crippen LogP contribution in [0.1, 0.15) is 310 Å². The predicted octanol–water partition coefficient (Wildman–Crippen LogP) is 18.7. The third-order valence-electron chi connectivity index (χ3n) is 12.7. The van der Waals surface area contributed by atoms with E-state index in [-0.39, 0.29) is 37.5 Å². The summed E-state index contributed by atoms with van der Waals surface area (Å²) in [6, 6.07) is 0. The summed E-state index contributed by atoms with van der Waals surface area (Å²) in [5, 5.41) is 0. The quantitative estimate of drug-likeness (QED) is 0.0262. The van der Waals surface area contributed by atoms with Crippen molar-refractivity contribution in [3.8, 4) is 0 Å². The molecule has 0 spiro atoms.